The third-order valence-corrected chi connectivity index (χ3v) is 4.70. The van der Waals surface area contributed by atoms with Crippen molar-refractivity contribution in [1.82, 2.24) is 5.32 Å². The molecule has 94 valence electrons. The van der Waals surface area contributed by atoms with Crippen molar-refractivity contribution in [3.63, 3.8) is 0 Å². The van der Waals surface area contributed by atoms with Crippen LogP contribution in [0, 0.1) is 5.92 Å². The van der Waals surface area contributed by atoms with Gasteiger partial charge in [-0.3, -0.25) is 0 Å². The second-order valence-electron chi connectivity index (χ2n) is 5.99. The summed E-state index contributed by atoms with van der Waals surface area (Å²) in [5.41, 5.74) is 0. The van der Waals surface area contributed by atoms with Crippen LogP contribution in [0.5, 0.6) is 0 Å². The van der Waals surface area contributed by atoms with E-state index in [1.165, 1.54) is 70.6 Å². The predicted octanol–water partition coefficient (Wildman–Crippen LogP) is 4.27. The van der Waals surface area contributed by atoms with Crippen LogP contribution in [0.25, 0.3) is 0 Å². The minimum Gasteiger partial charge on any atom is -0.311 e. The van der Waals surface area contributed by atoms with E-state index in [0.29, 0.717) is 0 Å². The van der Waals surface area contributed by atoms with E-state index in [4.69, 9.17) is 0 Å². The highest BCUT2D eigenvalue weighted by Crippen LogP contribution is 2.29. The average Bonchev–Trinajstić information content (AvgIpc) is 2.69. The third-order valence-electron chi connectivity index (χ3n) is 4.70. The molecule has 2 aliphatic rings. The van der Waals surface area contributed by atoms with Gasteiger partial charge in [0.15, 0.2) is 0 Å². The maximum atomic E-state index is 3.95. The Morgan fingerprint density at radius 3 is 2.12 bits per heavy atom. The van der Waals surface area contributed by atoms with Crippen LogP contribution in [0.15, 0.2) is 0 Å². The first kappa shape index (κ1) is 12.4. The van der Waals surface area contributed by atoms with Crippen LogP contribution in [0.2, 0.25) is 0 Å². The molecule has 2 saturated carbocycles. The molecule has 0 aromatic rings. The Bertz CT molecular complexity index is 182. The lowest BCUT2D eigenvalue weighted by atomic mass is 9.96. The molecule has 2 aliphatic carbocycles. The monoisotopic (exact) mass is 223 g/mol. The van der Waals surface area contributed by atoms with Crippen molar-refractivity contribution in [1.29, 1.82) is 0 Å². The topological polar surface area (TPSA) is 12.0 Å². The van der Waals surface area contributed by atoms with Gasteiger partial charge < -0.3 is 5.32 Å². The molecule has 1 N–H and O–H groups in total. The third kappa shape index (κ3) is 3.76. The quantitative estimate of drug-likeness (QED) is 0.753. The van der Waals surface area contributed by atoms with Gasteiger partial charge >= 0.3 is 0 Å². The van der Waals surface area contributed by atoms with E-state index in [0.717, 1.165) is 18.0 Å². The molecule has 0 saturated heterocycles. The van der Waals surface area contributed by atoms with Crippen molar-refractivity contribution in [2.75, 3.05) is 0 Å². The Balaban J connectivity index is 1.71. The van der Waals surface area contributed by atoms with Gasteiger partial charge in [0.1, 0.15) is 0 Å². The van der Waals surface area contributed by atoms with Gasteiger partial charge in [0.2, 0.25) is 0 Å². The number of nitrogens with one attached hydrogen (secondary N) is 1. The smallest absolute Gasteiger partial charge is 0.00723 e. The minimum atomic E-state index is 0.848. The molecule has 2 atom stereocenters. The SMILES string of the molecule is CCC1CCC(NC2CCCCCCC2)C1. The first-order valence-electron chi connectivity index (χ1n) is 7.64. The lowest BCUT2D eigenvalue weighted by Gasteiger charge is -2.25. The number of hydrogen-bond acceptors (Lipinski definition) is 1. The zero-order chi connectivity index (χ0) is 11.2. The molecule has 0 heterocycles. The van der Waals surface area contributed by atoms with Gasteiger partial charge in [0.05, 0.1) is 0 Å². The number of rotatable bonds is 3. The van der Waals surface area contributed by atoms with Crippen LogP contribution in [0.3, 0.4) is 0 Å². The van der Waals surface area contributed by atoms with E-state index >= 15 is 0 Å². The highest BCUT2D eigenvalue weighted by atomic mass is 15.0. The minimum absolute atomic E-state index is 0.848. The van der Waals surface area contributed by atoms with Crippen LogP contribution >= 0.6 is 0 Å². The lowest BCUT2D eigenvalue weighted by Crippen LogP contribution is -2.37. The predicted molar refractivity (Wildman–Crippen MR) is 70.7 cm³/mol. The van der Waals surface area contributed by atoms with E-state index in [-0.39, 0.29) is 0 Å². The summed E-state index contributed by atoms with van der Waals surface area (Å²) in [4.78, 5) is 0. The van der Waals surface area contributed by atoms with Crippen LogP contribution in [-0.4, -0.2) is 12.1 Å². The maximum Gasteiger partial charge on any atom is 0.00723 e. The van der Waals surface area contributed by atoms with Crippen LogP contribution in [-0.2, 0) is 0 Å². The van der Waals surface area contributed by atoms with Crippen LogP contribution in [0.1, 0.15) is 77.6 Å². The number of hydrogen-bond donors (Lipinski definition) is 1. The first-order chi connectivity index (χ1) is 7.88. The van der Waals surface area contributed by atoms with Gasteiger partial charge in [-0.1, -0.05) is 45.4 Å². The molecule has 1 heteroatoms. The molecule has 2 fully saturated rings. The molecule has 2 rings (SSSR count). The fraction of sp³-hybridized carbons (Fsp3) is 1.00. The van der Waals surface area contributed by atoms with Gasteiger partial charge in [-0.25, -0.2) is 0 Å². The largest absolute Gasteiger partial charge is 0.311 e. The maximum absolute atomic E-state index is 3.95. The summed E-state index contributed by atoms with van der Waals surface area (Å²) in [5, 5.41) is 3.95. The molecule has 0 aromatic heterocycles. The van der Waals surface area contributed by atoms with E-state index < -0.39 is 0 Å². The lowest BCUT2D eigenvalue weighted by molar-refractivity contribution is 0.346. The summed E-state index contributed by atoms with van der Waals surface area (Å²) < 4.78 is 0. The molecule has 0 amide bonds. The van der Waals surface area contributed by atoms with E-state index in [9.17, 15) is 0 Å². The van der Waals surface area contributed by atoms with E-state index in [2.05, 4.69) is 12.2 Å². The molecule has 2 unspecified atom stereocenters. The molecule has 16 heavy (non-hydrogen) atoms. The molecule has 0 aliphatic heterocycles. The first-order valence-corrected chi connectivity index (χ1v) is 7.64. The van der Waals surface area contributed by atoms with Crippen LogP contribution < -0.4 is 5.32 Å². The molecular formula is C15H29N. The second-order valence-corrected chi connectivity index (χ2v) is 5.99. The summed E-state index contributed by atoms with van der Waals surface area (Å²) in [6, 6.07) is 1.70. The summed E-state index contributed by atoms with van der Waals surface area (Å²) in [5.74, 6) is 1.02. The van der Waals surface area contributed by atoms with Gasteiger partial charge in [-0.15, -0.1) is 0 Å². The normalized spacial score (nSPS) is 33.6. The summed E-state index contributed by atoms with van der Waals surface area (Å²) >= 11 is 0. The van der Waals surface area contributed by atoms with E-state index in [1.807, 2.05) is 0 Å². The zero-order valence-electron chi connectivity index (χ0n) is 11.0. The van der Waals surface area contributed by atoms with Crippen molar-refractivity contribution in [3.8, 4) is 0 Å². The highest BCUT2D eigenvalue weighted by Gasteiger charge is 2.25. The average molecular weight is 223 g/mol. The molecule has 0 spiro atoms. The molecule has 0 bridgehead atoms. The van der Waals surface area contributed by atoms with Gasteiger partial charge in [-0.05, 0) is 38.0 Å². The Morgan fingerprint density at radius 2 is 1.50 bits per heavy atom. The van der Waals surface area contributed by atoms with E-state index in [1.54, 1.807) is 0 Å². The van der Waals surface area contributed by atoms with Crippen molar-refractivity contribution >= 4 is 0 Å². The Kier molecular flexibility index (Phi) is 5.15. The van der Waals surface area contributed by atoms with Gasteiger partial charge in [0.25, 0.3) is 0 Å². The van der Waals surface area contributed by atoms with Crippen LogP contribution in [0.4, 0.5) is 0 Å². The van der Waals surface area contributed by atoms with Crippen molar-refractivity contribution in [2.45, 2.75) is 89.6 Å². The Labute approximate surface area is 101 Å². The highest BCUT2D eigenvalue weighted by molar-refractivity contribution is 4.83. The fourth-order valence-electron chi connectivity index (χ4n) is 3.55. The molecular weight excluding hydrogens is 194 g/mol. The molecule has 0 aromatic carbocycles. The Morgan fingerprint density at radius 1 is 0.812 bits per heavy atom. The standard InChI is InChI=1S/C15H29N/c1-2-13-10-11-15(12-13)16-14-8-6-4-3-5-7-9-14/h13-16H,2-12H2,1H3. The summed E-state index contributed by atoms with van der Waals surface area (Å²) in [6.45, 7) is 2.35. The fourth-order valence-corrected chi connectivity index (χ4v) is 3.55. The van der Waals surface area contributed by atoms with Gasteiger partial charge in [-0.2, -0.15) is 0 Å². The van der Waals surface area contributed by atoms with Crippen molar-refractivity contribution in [2.24, 2.45) is 5.92 Å². The second kappa shape index (κ2) is 6.64. The summed E-state index contributed by atoms with van der Waals surface area (Å²) in [7, 11) is 0. The summed E-state index contributed by atoms with van der Waals surface area (Å²) in [6.07, 6.45) is 16.0. The molecule has 1 nitrogen and oxygen atoms in total. The van der Waals surface area contributed by atoms with Crippen molar-refractivity contribution < 1.29 is 0 Å². The zero-order valence-corrected chi connectivity index (χ0v) is 11.0. The Hall–Kier alpha value is -0.0400. The van der Waals surface area contributed by atoms with Gasteiger partial charge in [0, 0.05) is 12.1 Å². The van der Waals surface area contributed by atoms with Crippen molar-refractivity contribution in [3.05, 3.63) is 0 Å². The molecule has 0 radical (unpaired) electrons.